The normalized spacial score (nSPS) is 10.7. The molecule has 7 nitrogen and oxygen atoms in total. The molecule has 0 saturated carbocycles. The van der Waals surface area contributed by atoms with Gasteiger partial charge < -0.3 is 14.8 Å². The first kappa shape index (κ1) is 20.1. The number of rotatable bonds is 9. The molecule has 1 aromatic heterocycles. The standard InChI is InChI=1S/C19H21BrFN5O2/c1-3-8-26-19(23-24-25-26)22-11-13-9-15(20)18(17(10-13)27-2)28-12-14-6-4-5-7-16(14)21/h4-7,9-10H,3,8,11-12H2,1-2H3,(H,22,23,25). The third-order valence-electron chi connectivity index (χ3n) is 4.04. The van der Waals surface area contributed by atoms with Crippen molar-refractivity contribution in [2.45, 2.75) is 33.0 Å². The largest absolute Gasteiger partial charge is 0.493 e. The van der Waals surface area contributed by atoms with Crippen LogP contribution in [0.5, 0.6) is 11.5 Å². The minimum absolute atomic E-state index is 0.102. The summed E-state index contributed by atoms with van der Waals surface area (Å²) in [4.78, 5) is 0. The topological polar surface area (TPSA) is 74.1 Å². The first-order valence-electron chi connectivity index (χ1n) is 8.85. The Kier molecular flexibility index (Phi) is 6.80. The van der Waals surface area contributed by atoms with Gasteiger partial charge in [-0.3, -0.25) is 0 Å². The molecule has 3 rings (SSSR count). The van der Waals surface area contributed by atoms with Gasteiger partial charge in [-0.1, -0.05) is 30.2 Å². The molecule has 2 aromatic carbocycles. The molecule has 0 fully saturated rings. The molecule has 0 aliphatic rings. The SMILES string of the molecule is CCCn1nnnc1NCc1cc(Br)c(OCc2ccccc2F)c(OC)c1. The zero-order chi connectivity index (χ0) is 19.9. The Balaban J connectivity index is 1.72. The summed E-state index contributed by atoms with van der Waals surface area (Å²) in [6, 6.07) is 10.3. The van der Waals surface area contributed by atoms with Gasteiger partial charge in [-0.25, -0.2) is 9.07 Å². The third kappa shape index (κ3) is 4.78. The predicted molar refractivity (Wildman–Crippen MR) is 107 cm³/mol. The van der Waals surface area contributed by atoms with Gasteiger partial charge in [-0.05, 0) is 56.5 Å². The van der Waals surface area contributed by atoms with E-state index >= 15 is 0 Å². The van der Waals surface area contributed by atoms with Crippen LogP contribution in [0.4, 0.5) is 10.3 Å². The Morgan fingerprint density at radius 2 is 2.07 bits per heavy atom. The Morgan fingerprint density at radius 3 is 2.82 bits per heavy atom. The summed E-state index contributed by atoms with van der Waals surface area (Å²) < 4.78 is 27.5. The molecule has 148 valence electrons. The molecule has 9 heteroatoms. The molecule has 0 saturated heterocycles. The van der Waals surface area contributed by atoms with Crippen molar-refractivity contribution in [3.05, 3.63) is 57.8 Å². The van der Waals surface area contributed by atoms with Gasteiger partial charge >= 0.3 is 0 Å². The van der Waals surface area contributed by atoms with Crippen LogP contribution >= 0.6 is 15.9 Å². The van der Waals surface area contributed by atoms with Crippen molar-refractivity contribution in [3.8, 4) is 11.5 Å². The smallest absolute Gasteiger partial charge is 0.243 e. The second kappa shape index (κ2) is 9.50. The Morgan fingerprint density at radius 1 is 1.25 bits per heavy atom. The molecule has 0 unspecified atom stereocenters. The molecular weight excluding hydrogens is 429 g/mol. The van der Waals surface area contributed by atoms with Gasteiger partial charge in [0.2, 0.25) is 5.95 Å². The maximum absolute atomic E-state index is 13.8. The maximum atomic E-state index is 13.8. The number of nitrogens with zero attached hydrogens (tertiary/aromatic N) is 4. The van der Waals surface area contributed by atoms with Crippen LogP contribution in [0.2, 0.25) is 0 Å². The van der Waals surface area contributed by atoms with Gasteiger partial charge in [0.05, 0.1) is 11.6 Å². The minimum atomic E-state index is -0.303. The number of aromatic nitrogens is 4. The van der Waals surface area contributed by atoms with E-state index < -0.39 is 0 Å². The van der Waals surface area contributed by atoms with Crippen LogP contribution in [0, 0.1) is 5.82 Å². The molecule has 0 amide bonds. The number of aryl methyl sites for hydroxylation is 1. The van der Waals surface area contributed by atoms with Crippen molar-refractivity contribution >= 4 is 21.9 Å². The monoisotopic (exact) mass is 449 g/mol. The molecule has 1 N–H and O–H groups in total. The average Bonchev–Trinajstić information content (AvgIpc) is 3.13. The molecule has 0 aliphatic carbocycles. The number of tetrazole rings is 1. The summed E-state index contributed by atoms with van der Waals surface area (Å²) in [5.41, 5.74) is 1.43. The predicted octanol–water partition coefficient (Wildman–Crippen LogP) is 4.18. The fourth-order valence-electron chi connectivity index (χ4n) is 2.66. The number of methoxy groups -OCH3 is 1. The van der Waals surface area contributed by atoms with Crippen LogP contribution in [0.3, 0.4) is 0 Å². The molecule has 0 spiro atoms. The summed E-state index contributed by atoms with van der Waals surface area (Å²) >= 11 is 3.52. The zero-order valence-electron chi connectivity index (χ0n) is 15.7. The number of hydrogen-bond donors (Lipinski definition) is 1. The highest BCUT2D eigenvalue weighted by Gasteiger charge is 2.14. The number of halogens is 2. The zero-order valence-corrected chi connectivity index (χ0v) is 17.2. The Bertz CT molecular complexity index is 934. The van der Waals surface area contributed by atoms with Gasteiger partial charge in [-0.2, -0.15) is 0 Å². The Hall–Kier alpha value is -2.68. The summed E-state index contributed by atoms with van der Waals surface area (Å²) in [5.74, 6) is 1.38. The summed E-state index contributed by atoms with van der Waals surface area (Å²) in [6.45, 7) is 3.41. The second-order valence-corrected chi connectivity index (χ2v) is 6.92. The lowest BCUT2D eigenvalue weighted by Gasteiger charge is -2.15. The van der Waals surface area contributed by atoms with Crippen molar-refractivity contribution < 1.29 is 13.9 Å². The minimum Gasteiger partial charge on any atom is -0.493 e. The van der Waals surface area contributed by atoms with E-state index in [0.717, 1.165) is 18.5 Å². The van der Waals surface area contributed by atoms with Gasteiger partial charge in [0.1, 0.15) is 12.4 Å². The fourth-order valence-corrected chi connectivity index (χ4v) is 3.26. The van der Waals surface area contributed by atoms with Crippen molar-refractivity contribution in [2.75, 3.05) is 12.4 Å². The maximum Gasteiger partial charge on any atom is 0.243 e. The molecule has 1 heterocycles. The second-order valence-electron chi connectivity index (χ2n) is 6.07. The number of nitrogens with one attached hydrogen (secondary N) is 1. The van der Waals surface area contributed by atoms with E-state index in [2.05, 4.69) is 43.7 Å². The number of anilines is 1. The molecule has 3 aromatic rings. The van der Waals surface area contributed by atoms with E-state index in [4.69, 9.17) is 9.47 Å². The first-order valence-corrected chi connectivity index (χ1v) is 9.64. The van der Waals surface area contributed by atoms with Gasteiger partial charge in [-0.15, -0.1) is 0 Å². The quantitative estimate of drug-likeness (QED) is 0.527. The summed E-state index contributed by atoms with van der Waals surface area (Å²) in [5, 5.41) is 14.9. The van der Waals surface area contributed by atoms with Gasteiger partial charge in [0, 0.05) is 18.7 Å². The van der Waals surface area contributed by atoms with E-state index in [1.807, 2.05) is 12.1 Å². The van der Waals surface area contributed by atoms with Crippen LogP contribution in [0.25, 0.3) is 0 Å². The summed E-state index contributed by atoms with van der Waals surface area (Å²) in [7, 11) is 1.57. The highest BCUT2D eigenvalue weighted by Crippen LogP contribution is 2.37. The highest BCUT2D eigenvalue weighted by atomic mass is 79.9. The first-order chi connectivity index (χ1) is 13.6. The van der Waals surface area contributed by atoms with E-state index in [9.17, 15) is 4.39 Å². The third-order valence-corrected chi connectivity index (χ3v) is 4.63. The van der Waals surface area contributed by atoms with E-state index in [0.29, 0.717) is 34.0 Å². The molecule has 0 atom stereocenters. The molecule has 0 radical (unpaired) electrons. The Labute approximate surface area is 171 Å². The lowest BCUT2D eigenvalue weighted by atomic mass is 10.2. The lowest BCUT2D eigenvalue weighted by molar-refractivity contribution is 0.277. The lowest BCUT2D eigenvalue weighted by Crippen LogP contribution is -2.09. The van der Waals surface area contributed by atoms with Crippen LogP contribution in [0.1, 0.15) is 24.5 Å². The summed E-state index contributed by atoms with van der Waals surface area (Å²) in [6.07, 6.45) is 0.938. The van der Waals surface area contributed by atoms with Crippen LogP contribution < -0.4 is 14.8 Å². The van der Waals surface area contributed by atoms with Gasteiger partial charge in [0.15, 0.2) is 11.5 Å². The van der Waals surface area contributed by atoms with E-state index in [-0.39, 0.29) is 12.4 Å². The molecule has 0 aliphatic heterocycles. The molecule has 0 bridgehead atoms. The van der Waals surface area contributed by atoms with Crippen molar-refractivity contribution in [3.63, 3.8) is 0 Å². The van der Waals surface area contributed by atoms with Crippen molar-refractivity contribution in [2.24, 2.45) is 0 Å². The average molecular weight is 450 g/mol. The highest BCUT2D eigenvalue weighted by molar-refractivity contribution is 9.10. The fraction of sp³-hybridized carbons (Fsp3) is 0.316. The molecule has 28 heavy (non-hydrogen) atoms. The van der Waals surface area contributed by atoms with Crippen LogP contribution in [-0.4, -0.2) is 27.3 Å². The van der Waals surface area contributed by atoms with Crippen molar-refractivity contribution in [1.82, 2.24) is 20.2 Å². The number of ether oxygens (including phenoxy) is 2. The molecular formula is C19H21BrFN5O2. The van der Waals surface area contributed by atoms with Crippen LogP contribution in [-0.2, 0) is 19.7 Å². The van der Waals surface area contributed by atoms with Gasteiger partial charge in [0.25, 0.3) is 0 Å². The number of hydrogen-bond acceptors (Lipinski definition) is 6. The van der Waals surface area contributed by atoms with Crippen molar-refractivity contribution in [1.29, 1.82) is 0 Å². The number of benzene rings is 2. The van der Waals surface area contributed by atoms with E-state index in [1.165, 1.54) is 6.07 Å². The van der Waals surface area contributed by atoms with Crippen LogP contribution in [0.15, 0.2) is 40.9 Å². The van der Waals surface area contributed by atoms with E-state index in [1.54, 1.807) is 30.0 Å².